The second-order valence-electron chi connectivity index (χ2n) is 3.22. The van der Waals surface area contributed by atoms with Crippen LogP contribution >= 0.6 is 24.0 Å². The summed E-state index contributed by atoms with van der Waals surface area (Å²) in [6.07, 6.45) is 1.10. The average Bonchev–Trinajstić information content (AvgIpc) is 2.60. The van der Waals surface area contributed by atoms with E-state index in [1.165, 1.54) is 21.2 Å². The second-order valence-corrected chi connectivity index (χ2v) is 4.58. The van der Waals surface area contributed by atoms with Crippen LogP contribution in [0.5, 0.6) is 0 Å². The van der Waals surface area contributed by atoms with E-state index in [1.807, 2.05) is 0 Å². The minimum atomic E-state index is 1.10. The second kappa shape index (κ2) is 3.35. The highest BCUT2D eigenvalue weighted by molar-refractivity contribution is 7.80. The Bertz CT molecular complexity index is 441. The Balaban J connectivity index is 2.87. The molecule has 0 unspecified atom stereocenters. The highest BCUT2D eigenvalue weighted by Gasteiger charge is 2.06. The van der Waals surface area contributed by atoms with Crippen molar-refractivity contribution in [3.8, 4) is 0 Å². The van der Waals surface area contributed by atoms with Gasteiger partial charge in [-0.05, 0) is 41.3 Å². The van der Waals surface area contributed by atoms with Crippen molar-refractivity contribution in [2.45, 2.75) is 25.2 Å². The summed E-state index contributed by atoms with van der Waals surface area (Å²) in [5, 5.41) is 3.52. The molecular formula is C11H12S2. The molecule has 0 aliphatic heterocycles. The van der Waals surface area contributed by atoms with Gasteiger partial charge in [-0.3, -0.25) is 0 Å². The van der Waals surface area contributed by atoms with Crippen LogP contribution in [0.25, 0.3) is 10.1 Å². The first-order valence-corrected chi connectivity index (χ1v) is 5.75. The Morgan fingerprint density at radius 2 is 2.23 bits per heavy atom. The topological polar surface area (TPSA) is 0 Å². The van der Waals surface area contributed by atoms with Crippen molar-refractivity contribution in [1.82, 2.24) is 0 Å². The number of hydrogen-bond donors (Lipinski definition) is 1. The van der Waals surface area contributed by atoms with Gasteiger partial charge in [0.05, 0.1) is 0 Å². The van der Waals surface area contributed by atoms with Gasteiger partial charge in [0, 0.05) is 9.60 Å². The largest absolute Gasteiger partial charge is 0.143 e. The molecule has 0 saturated carbocycles. The molecule has 2 rings (SSSR count). The molecule has 0 aliphatic rings. The number of aryl methyl sites for hydroxylation is 2. The van der Waals surface area contributed by atoms with Gasteiger partial charge in [-0.15, -0.1) is 24.0 Å². The predicted molar refractivity (Wildman–Crippen MR) is 63.2 cm³/mol. The maximum Gasteiger partial charge on any atom is 0.0481 e. The Morgan fingerprint density at radius 1 is 1.46 bits per heavy atom. The lowest BCUT2D eigenvalue weighted by atomic mass is 10.1. The molecule has 2 aromatic rings. The van der Waals surface area contributed by atoms with Crippen LogP contribution in [0.2, 0.25) is 0 Å². The quantitative estimate of drug-likeness (QED) is 0.671. The van der Waals surface area contributed by atoms with Gasteiger partial charge in [0.2, 0.25) is 0 Å². The van der Waals surface area contributed by atoms with Gasteiger partial charge in [-0.2, -0.15) is 0 Å². The Hall–Kier alpha value is -0.470. The van der Waals surface area contributed by atoms with Crippen molar-refractivity contribution in [3.63, 3.8) is 0 Å². The van der Waals surface area contributed by atoms with E-state index in [9.17, 15) is 0 Å². The van der Waals surface area contributed by atoms with Gasteiger partial charge in [0.15, 0.2) is 0 Å². The zero-order valence-corrected chi connectivity index (χ0v) is 9.51. The predicted octanol–water partition coefficient (Wildman–Crippen LogP) is 4.06. The molecule has 0 saturated heterocycles. The smallest absolute Gasteiger partial charge is 0.0481 e. The number of fused-ring (bicyclic) bond motifs is 1. The molecule has 0 amide bonds. The van der Waals surface area contributed by atoms with Crippen LogP contribution in [0.3, 0.4) is 0 Å². The molecule has 1 aromatic carbocycles. The van der Waals surface area contributed by atoms with Crippen LogP contribution < -0.4 is 0 Å². The standard InChI is InChI=1S/C11H12S2/c1-3-8-6-7(2)10(12)11-9(8)4-5-13-11/h4-6,12H,3H2,1-2H3. The van der Waals surface area contributed by atoms with Crippen molar-refractivity contribution in [2.75, 3.05) is 0 Å². The first-order chi connectivity index (χ1) is 6.24. The zero-order valence-electron chi connectivity index (χ0n) is 7.79. The van der Waals surface area contributed by atoms with E-state index in [4.69, 9.17) is 0 Å². The summed E-state index contributed by atoms with van der Waals surface area (Å²) in [7, 11) is 0. The molecule has 0 bridgehead atoms. The molecule has 0 spiro atoms. The molecule has 0 aliphatic carbocycles. The van der Waals surface area contributed by atoms with Gasteiger partial charge in [0.1, 0.15) is 0 Å². The van der Waals surface area contributed by atoms with Crippen LogP contribution in [-0.2, 0) is 6.42 Å². The van der Waals surface area contributed by atoms with Gasteiger partial charge < -0.3 is 0 Å². The van der Waals surface area contributed by atoms with Gasteiger partial charge >= 0.3 is 0 Å². The van der Waals surface area contributed by atoms with Crippen molar-refractivity contribution in [1.29, 1.82) is 0 Å². The third-order valence-electron chi connectivity index (χ3n) is 2.37. The molecule has 0 radical (unpaired) electrons. The van der Waals surface area contributed by atoms with E-state index in [-0.39, 0.29) is 0 Å². The molecule has 1 aromatic heterocycles. The number of rotatable bonds is 1. The third-order valence-corrected chi connectivity index (χ3v) is 4.03. The molecule has 0 N–H and O–H groups in total. The molecule has 68 valence electrons. The number of thiophene rings is 1. The molecule has 0 atom stereocenters. The fraction of sp³-hybridized carbons (Fsp3) is 0.273. The fourth-order valence-electron chi connectivity index (χ4n) is 1.62. The fourth-order valence-corrected chi connectivity index (χ4v) is 2.91. The van der Waals surface area contributed by atoms with Crippen LogP contribution in [0, 0.1) is 6.92 Å². The van der Waals surface area contributed by atoms with Crippen molar-refractivity contribution in [3.05, 3.63) is 28.6 Å². The van der Waals surface area contributed by atoms with E-state index in [1.54, 1.807) is 11.3 Å². The Morgan fingerprint density at radius 3 is 2.92 bits per heavy atom. The highest BCUT2D eigenvalue weighted by Crippen LogP contribution is 2.32. The summed E-state index contributed by atoms with van der Waals surface area (Å²) in [6, 6.07) is 4.44. The number of hydrogen-bond acceptors (Lipinski definition) is 2. The van der Waals surface area contributed by atoms with Gasteiger partial charge in [-0.1, -0.05) is 13.0 Å². The lowest BCUT2D eigenvalue weighted by molar-refractivity contribution is 1.14. The molecule has 1 heterocycles. The van der Waals surface area contributed by atoms with E-state index < -0.39 is 0 Å². The van der Waals surface area contributed by atoms with Crippen molar-refractivity contribution < 1.29 is 0 Å². The highest BCUT2D eigenvalue weighted by atomic mass is 32.1. The average molecular weight is 208 g/mol. The van der Waals surface area contributed by atoms with Crippen LogP contribution in [0.1, 0.15) is 18.1 Å². The molecule has 2 heteroatoms. The zero-order chi connectivity index (χ0) is 9.42. The minimum absolute atomic E-state index is 1.10. The monoisotopic (exact) mass is 208 g/mol. The lowest BCUT2D eigenvalue weighted by Gasteiger charge is -2.05. The first-order valence-electron chi connectivity index (χ1n) is 4.42. The SMILES string of the molecule is CCc1cc(C)c(S)c2sccc12. The number of thiol groups is 1. The van der Waals surface area contributed by atoms with Crippen LogP contribution in [-0.4, -0.2) is 0 Å². The third kappa shape index (κ3) is 1.38. The van der Waals surface area contributed by atoms with E-state index in [0.29, 0.717) is 0 Å². The minimum Gasteiger partial charge on any atom is -0.143 e. The Labute approximate surface area is 88.0 Å². The molecule has 0 fully saturated rings. The van der Waals surface area contributed by atoms with Crippen LogP contribution in [0.4, 0.5) is 0 Å². The van der Waals surface area contributed by atoms with E-state index in [2.05, 4.69) is 44.0 Å². The molecule has 13 heavy (non-hydrogen) atoms. The summed E-state index contributed by atoms with van der Waals surface area (Å²) < 4.78 is 1.33. The Kier molecular flexibility index (Phi) is 2.35. The van der Waals surface area contributed by atoms with E-state index in [0.717, 1.165) is 11.3 Å². The van der Waals surface area contributed by atoms with Crippen molar-refractivity contribution in [2.24, 2.45) is 0 Å². The summed E-state index contributed by atoms with van der Waals surface area (Å²) in [6.45, 7) is 4.32. The van der Waals surface area contributed by atoms with E-state index >= 15 is 0 Å². The van der Waals surface area contributed by atoms with Gasteiger partial charge in [0.25, 0.3) is 0 Å². The lowest BCUT2D eigenvalue weighted by Crippen LogP contribution is -1.85. The summed E-state index contributed by atoms with van der Waals surface area (Å²) in [5.74, 6) is 0. The number of benzene rings is 1. The summed E-state index contributed by atoms with van der Waals surface area (Å²) >= 11 is 6.31. The van der Waals surface area contributed by atoms with Crippen LogP contribution in [0.15, 0.2) is 22.4 Å². The maximum atomic E-state index is 4.53. The van der Waals surface area contributed by atoms with Gasteiger partial charge in [-0.25, -0.2) is 0 Å². The maximum absolute atomic E-state index is 4.53. The first kappa shape index (κ1) is 9.10. The molecular weight excluding hydrogens is 196 g/mol. The normalized spacial score (nSPS) is 11.0. The summed E-state index contributed by atoms with van der Waals surface area (Å²) in [4.78, 5) is 1.14. The molecule has 0 nitrogen and oxygen atoms in total. The summed E-state index contributed by atoms with van der Waals surface area (Å²) in [5.41, 5.74) is 2.72. The van der Waals surface area contributed by atoms with Crippen molar-refractivity contribution >= 4 is 34.1 Å².